The highest BCUT2D eigenvalue weighted by molar-refractivity contribution is 6.35. The van der Waals surface area contributed by atoms with E-state index in [2.05, 4.69) is 10.3 Å². The van der Waals surface area contributed by atoms with Gasteiger partial charge in [-0.15, -0.1) is 0 Å². The van der Waals surface area contributed by atoms with Crippen molar-refractivity contribution in [2.75, 3.05) is 19.0 Å². The van der Waals surface area contributed by atoms with Gasteiger partial charge in [0.05, 0.1) is 17.7 Å². The van der Waals surface area contributed by atoms with E-state index in [0.717, 1.165) is 17.7 Å². The molecule has 0 saturated heterocycles. The minimum atomic E-state index is -1.07. The number of anilines is 1. The normalized spacial score (nSPS) is 10.2. The van der Waals surface area contributed by atoms with Crippen molar-refractivity contribution in [3.05, 3.63) is 52.7 Å². The van der Waals surface area contributed by atoms with Gasteiger partial charge >= 0.3 is 5.97 Å². The highest BCUT2D eigenvalue weighted by atomic mass is 35.5. The standard InChI is InChI=1S/C15H15ClN2O3/c1-21-11-4-2-3-10(9-11)5-7-17-14-13(16)12(15(19)20)6-8-18-14/h2-4,6,8-9H,5,7H2,1H3,(H,17,18)(H,19,20). The molecule has 0 aliphatic carbocycles. The van der Waals surface area contributed by atoms with Crippen molar-refractivity contribution < 1.29 is 14.6 Å². The first-order chi connectivity index (χ1) is 10.1. The van der Waals surface area contributed by atoms with Gasteiger partial charge in [-0.3, -0.25) is 0 Å². The van der Waals surface area contributed by atoms with Gasteiger partial charge in [0.15, 0.2) is 0 Å². The first-order valence-corrected chi connectivity index (χ1v) is 6.74. The molecule has 110 valence electrons. The third-order valence-corrected chi connectivity index (χ3v) is 3.34. The number of nitrogens with zero attached hydrogens (tertiary/aromatic N) is 1. The summed E-state index contributed by atoms with van der Waals surface area (Å²) in [5, 5.41) is 12.2. The number of benzene rings is 1. The van der Waals surface area contributed by atoms with Crippen LogP contribution >= 0.6 is 11.6 Å². The van der Waals surface area contributed by atoms with Crippen LogP contribution in [-0.4, -0.2) is 29.7 Å². The van der Waals surface area contributed by atoms with Crippen molar-refractivity contribution in [1.29, 1.82) is 0 Å². The molecule has 2 aromatic rings. The van der Waals surface area contributed by atoms with E-state index in [1.807, 2.05) is 24.3 Å². The number of aromatic nitrogens is 1. The molecule has 0 amide bonds. The molecular weight excluding hydrogens is 292 g/mol. The van der Waals surface area contributed by atoms with E-state index in [1.54, 1.807) is 7.11 Å². The smallest absolute Gasteiger partial charge is 0.337 e. The lowest BCUT2D eigenvalue weighted by molar-refractivity contribution is 0.0697. The number of nitrogens with one attached hydrogen (secondary N) is 1. The molecule has 0 radical (unpaired) electrons. The van der Waals surface area contributed by atoms with Gasteiger partial charge in [0, 0.05) is 12.7 Å². The van der Waals surface area contributed by atoms with Crippen LogP contribution in [0.2, 0.25) is 5.02 Å². The number of carbonyl (C=O) groups is 1. The summed E-state index contributed by atoms with van der Waals surface area (Å²) >= 11 is 6.01. The maximum Gasteiger partial charge on any atom is 0.337 e. The van der Waals surface area contributed by atoms with Crippen molar-refractivity contribution in [1.82, 2.24) is 4.98 Å². The zero-order chi connectivity index (χ0) is 15.2. The van der Waals surface area contributed by atoms with Crippen molar-refractivity contribution >= 4 is 23.4 Å². The van der Waals surface area contributed by atoms with Gasteiger partial charge in [0.1, 0.15) is 11.6 Å². The van der Waals surface area contributed by atoms with Crippen LogP contribution in [0.25, 0.3) is 0 Å². The quantitative estimate of drug-likeness (QED) is 0.858. The number of hydrogen-bond acceptors (Lipinski definition) is 4. The molecule has 0 spiro atoms. The van der Waals surface area contributed by atoms with E-state index in [4.69, 9.17) is 21.4 Å². The average molecular weight is 307 g/mol. The molecule has 21 heavy (non-hydrogen) atoms. The number of aromatic carboxylic acids is 1. The Hall–Kier alpha value is -2.27. The number of pyridine rings is 1. The molecule has 0 aliphatic rings. The Balaban J connectivity index is 2.00. The second-order valence-electron chi connectivity index (χ2n) is 4.35. The molecule has 6 heteroatoms. The van der Waals surface area contributed by atoms with E-state index >= 15 is 0 Å². The molecule has 0 bridgehead atoms. The van der Waals surface area contributed by atoms with E-state index in [-0.39, 0.29) is 10.6 Å². The van der Waals surface area contributed by atoms with Crippen LogP contribution in [-0.2, 0) is 6.42 Å². The molecule has 0 fully saturated rings. The molecular formula is C15H15ClN2O3. The fourth-order valence-corrected chi connectivity index (χ4v) is 2.14. The second kappa shape index (κ2) is 6.95. The summed E-state index contributed by atoms with van der Waals surface area (Å²) in [7, 11) is 1.62. The summed E-state index contributed by atoms with van der Waals surface area (Å²) in [5.74, 6) is 0.106. The summed E-state index contributed by atoms with van der Waals surface area (Å²) in [6.45, 7) is 0.586. The highest BCUT2D eigenvalue weighted by Gasteiger charge is 2.12. The molecule has 0 atom stereocenters. The summed E-state index contributed by atoms with van der Waals surface area (Å²) in [6.07, 6.45) is 2.16. The Morgan fingerprint density at radius 3 is 2.95 bits per heavy atom. The van der Waals surface area contributed by atoms with Crippen LogP contribution < -0.4 is 10.1 Å². The average Bonchev–Trinajstić information content (AvgIpc) is 2.49. The zero-order valence-corrected chi connectivity index (χ0v) is 12.2. The number of rotatable bonds is 6. The summed E-state index contributed by atoms with van der Waals surface area (Å²) in [6, 6.07) is 9.12. The van der Waals surface area contributed by atoms with Crippen LogP contribution in [0.4, 0.5) is 5.82 Å². The molecule has 2 rings (SSSR count). The largest absolute Gasteiger partial charge is 0.497 e. The van der Waals surface area contributed by atoms with Gasteiger partial charge in [0.25, 0.3) is 0 Å². The molecule has 0 unspecified atom stereocenters. The third-order valence-electron chi connectivity index (χ3n) is 2.96. The fourth-order valence-electron chi connectivity index (χ4n) is 1.89. The second-order valence-corrected chi connectivity index (χ2v) is 4.73. The lowest BCUT2D eigenvalue weighted by Gasteiger charge is -2.09. The highest BCUT2D eigenvalue weighted by Crippen LogP contribution is 2.23. The van der Waals surface area contributed by atoms with Crippen molar-refractivity contribution in [3.63, 3.8) is 0 Å². The first kappa shape index (κ1) is 15.1. The summed E-state index contributed by atoms with van der Waals surface area (Å²) in [5.41, 5.74) is 1.14. The number of ether oxygens (including phenoxy) is 1. The minimum Gasteiger partial charge on any atom is -0.497 e. The number of carboxylic acid groups (broad SMARTS) is 1. The maximum atomic E-state index is 11.0. The Labute approximate surface area is 127 Å². The van der Waals surface area contributed by atoms with Gasteiger partial charge < -0.3 is 15.2 Å². The Morgan fingerprint density at radius 2 is 2.24 bits per heavy atom. The molecule has 1 aromatic carbocycles. The minimum absolute atomic E-state index is 0.0375. The van der Waals surface area contributed by atoms with E-state index in [1.165, 1.54) is 12.3 Å². The van der Waals surface area contributed by atoms with Crippen molar-refractivity contribution in [3.8, 4) is 5.75 Å². The zero-order valence-electron chi connectivity index (χ0n) is 11.5. The Bertz CT molecular complexity index is 647. The van der Waals surface area contributed by atoms with Crippen molar-refractivity contribution in [2.24, 2.45) is 0 Å². The van der Waals surface area contributed by atoms with E-state index in [0.29, 0.717) is 12.4 Å². The fraction of sp³-hybridized carbons (Fsp3) is 0.200. The molecule has 0 saturated carbocycles. The van der Waals surface area contributed by atoms with Gasteiger partial charge in [-0.05, 0) is 30.2 Å². The molecule has 1 heterocycles. The predicted octanol–water partition coefficient (Wildman–Crippen LogP) is 3.10. The number of halogens is 1. The van der Waals surface area contributed by atoms with Crippen molar-refractivity contribution in [2.45, 2.75) is 6.42 Å². The topological polar surface area (TPSA) is 71.5 Å². The molecule has 0 aliphatic heterocycles. The predicted molar refractivity (Wildman–Crippen MR) is 81.4 cm³/mol. The van der Waals surface area contributed by atoms with E-state index in [9.17, 15) is 4.79 Å². The first-order valence-electron chi connectivity index (χ1n) is 6.36. The van der Waals surface area contributed by atoms with E-state index < -0.39 is 5.97 Å². The molecule has 2 N–H and O–H groups in total. The van der Waals surface area contributed by atoms with Crippen LogP contribution in [0.1, 0.15) is 15.9 Å². The monoisotopic (exact) mass is 306 g/mol. The summed E-state index contributed by atoms with van der Waals surface area (Å²) < 4.78 is 5.16. The Kier molecular flexibility index (Phi) is 5.00. The lowest BCUT2D eigenvalue weighted by Crippen LogP contribution is -2.09. The molecule has 5 nitrogen and oxygen atoms in total. The third kappa shape index (κ3) is 3.86. The Morgan fingerprint density at radius 1 is 1.43 bits per heavy atom. The number of hydrogen-bond donors (Lipinski definition) is 2. The maximum absolute atomic E-state index is 11.0. The lowest BCUT2D eigenvalue weighted by atomic mass is 10.1. The van der Waals surface area contributed by atoms with Crippen LogP contribution in [0.15, 0.2) is 36.5 Å². The van der Waals surface area contributed by atoms with Gasteiger partial charge in [-0.1, -0.05) is 23.7 Å². The SMILES string of the molecule is COc1cccc(CCNc2nccc(C(=O)O)c2Cl)c1. The van der Waals surface area contributed by atoms with Gasteiger partial charge in [-0.2, -0.15) is 0 Å². The van der Waals surface area contributed by atoms with Crippen LogP contribution in [0, 0.1) is 0 Å². The number of carboxylic acids is 1. The number of methoxy groups -OCH3 is 1. The summed E-state index contributed by atoms with van der Waals surface area (Å²) in [4.78, 5) is 15.0. The van der Waals surface area contributed by atoms with Gasteiger partial charge in [-0.25, -0.2) is 9.78 Å². The van der Waals surface area contributed by atoms with Crippen LogP contribution in [0.5, 0.6) is 5.75 Å². The molecule has 1 aromatic heterocycles. The van der Waals surface area contributed by atoms with Gasteiger partial charge in [0.2, 0.25) is 0 Å². The van der Waals surface area contributed by atoms with Crippen LogP contribution in [0.3, 0.4) is 0 Å².